The summed E-state index contributed by atoms with van der Waals surface area (Å²) >= 11 is 1.10. The van der Waals surface area contributed by atoms with E-state index in [2.05, 4.69) is 9.71 Å². The van der Waals surface area contributed by atoms with E-state index in [1.807, 2.05) is 4.90 Å². The molecule has 5 heterocycles. The Labute approximate surface area is 183 Å². The van der Waals surface area contributed by atoms with Crippen LogP contribution in [-0.2, 0) is 16.6 Å². The molecule has 1 fully saturated rings. The lowest BCUT2D eigenvalue weighted by molar-refractivity contribution is 0.0589. The minimum absolute atomic E-state index is 0.0239. The third-order valence-electron chi connectivity index (χ3n) is 5.78. The molecule has 2 bridgehead atoms. The highest BCUT2D eigenvalue weighted by Crippen LogP contribution is 2.36. The summed E-state index contributed by atoms with van der Waals surface area (Å²) in [5.41, 5.74) is 0.937. The topological polar surface area (TPSA) is 101 Å². The number of pyridine rings is 2. The molecule has 0 radical (unpaired) electrons. The first-order valence-corrected chi connectivity index (χ1v) is 12.3. The molecule has 1 N–H and O–H groups in total. The molecule has 2 aliphatic heterocycles. The van der Waals surface area contributed by atoms with Crippen molar-refractivity contribution in [2.24, 2.45) is 5.92 Å². The van der Waals surface area contributed by atoms with Crippen molar-refractivity contribution < 1.29 is 13.2 Å². The number of thiophene rings is 1. The summed E-state index contributed by atoms with van der Waals surface area (Å²) in [6.45, 7) is 1.50. The predicted octanol–water partition coefficient (Wildman–Crippen LogP) is 2.37. The molecule has 160 valence electrons. The molecule has 0 saturated carbocycles. The number of hydrogen-bond donors (Lipinski definition) is 1. The summed E-state index contributed by atoms with van der Waals surface area (Å²) in [5.74, 6) is 0.0444. The summed E-state index contributed by atoms with van der Waals surface area (Å²) in [6.07, 6.45) is 2.50. The number of sulfonamides is 1. The molecular weight excluding hydrogens is 436 g/mol. The third kappa shape index (κ3) is 3.66. The monoisotopic (exact) mass is 456 g/mol. The standard InChI is InChI=1S/C21H20N4O4S2/c26-20(16-4-1-2-8-22-16)24-11-14-10-15(13-24)18-7-6-17(21(27)25(18)12-14)23-31(28,29)19-5-3-9-30-19/h1-9,14-15,23H,10-13H2. The molecule has 0 aromatic carbocycles. The van der Waals surface area contributed by atoms with Gasteiger partial charge in [-0.1, -0.05) is 12.1 Å². The second-order valence-corrected chi connectivity index (χ2v) is 10.7. The highest BCUT2D eigenvalue weighted by molar-refractivity contribution is 7.94. The van der Waals surface area contributed by atoms with Gasteiger partial charge in [0.1, 0.15) is 15.6 Å². The van der Waals surface area contributed by atoms with Gasteiger partial charge in [-0.05, 0) is 48.1 Å². The fourth-order valence-electron chi connectivity index (χ4n) is 4.45. The van der Waals surface area contributed by atoms with Gasteiger partial charge < -0.3 is 9.47 Å². The molecule has 8 nitrogen and oxygen atoms in total. The van der Waals surface area contributed by atoms with Crippen LogP contribution < -0.4 is 10.3 Å². The molecule has 1 saturated heterocycles. The molecule has 1 amide bonds. The van der Waals surface area contributed by atoms with Crippen LogP contribution in [0.2, 0.25) is 0 Å². The highest BCUT2D eigenvalue weighted by Gasteiger charge is 2.37. The van der Waals surface area contributed by atoms with E-state index in [0.717, 1.165) is 23.5 Å². The van der Waals surface area contributed by atoms with E-state index in [-0.39, 0.29) is 33.2 Å². The maximum absolute atomic E-state index is 13.1. The lowest BCUT2D eigenvalue weighted by Gasteiger charge is -2.42. The van der Waals surface area contributed by atoms with Gasteiger partial charge in [0, 0.05) is 37.4 Å². The number of hydrogen-bond acceptors (Lipinski definition) is 6. The Balaban J connectivity index is 1.42. The predicted molar refractivity (Wildman–Crippen MR) is 117 cm³/mol. The molecule has 10 heteroatoms. The van der Waals surface area contributed by atoms with E-state index in [4.69, 9.17) is 0 Å². The van der Waals surface area contributed by atoms with E-state index in [1.165, 1.54) is 12.1 Å². The zero-order chi connectivity index (χ0) is 21.6. The van der Waals surface area contributed by atoms with Crippen LogP contribution in [0.15, 0.2) is 63.0 Å². The number of nitrogens with zero attached hydrogens (tertiary/aromatic N) is 3. The number of anilines is 1. The van der Waals surface area contributed by atoms with Gasteiger partial charge in [0.25, 0.3) is 21.5 Å². The Hall–Kier alpha value is -2.98. The molecule has 31 heavy (non-hydrogen) atoms. The van der Waals surface area contributed by atoms with Crippen molar-refractivity contribution in [1.29, 1.82) is 0 Å². The fraction of sp³-hybridized carbons (Fsp3) is 0.286. The molecule has 5 rings (SSSR count). The van der Waals surface area contributed by atoms with Crippen LogP contribution in [0, 0.1) is 5.92 Å². The van der Waals surface area contributed by atoms with E-state index in [0.29, 0.717) is 25.3 Å². The van der Waals surface area contributed by atoms with Crippen LogP contribution in [0.5, 0.6) is 0 Å². The molecule has 2 aliphatic rings. The van der Waals surface area contributed by atoms with Gasteiger partial charge in [0.2, 0.25) is 0 Å². The number of rotatable bonds is 4. The number of carbonyl (C=O) groups is 1. The Morgan fingerprint density at radius 1 is 1.10 bits per heavy atom. The van der Waals surface area contributed by atoms with E-state index < -0.39 is 10.0 Å². The summed E-state index contributed by atoms with van der Waals surface area (Å²) in [7, 11) is -3.79. The lowest BCUT2D eigenvalue weighted by atomic mass is 9.83. The van der Waals surface area contributed by atoms with E-state index in [1.54, 1.807) is 46.5 Å². The van der Waals surface area contributed by atoms with Crippen molar-refractivity contribution >= 4 is 33.0 Å². The molecule has 0 spiro atoms. The quantitative estimate of drug-likeness (QED) is 0.650. The van der Waals surface area contributed by atoms with Gasteiger partial charge in [-0.15, -0.1) is 11.3 Å². The van der Waals surface area contributed by atoms with Crippen molar-refractivity contribution in [3.63, 3.8) is 0 Å². The summed E-state index contributed by atoms with van der Waals surface area (Å²) in [5, 5.41) is 1.67. The molecule has 3 aromatic rings. The van der Waals surface area contributed by atoms with Gasteiger partial charge in [-0.3, -0.25) is 19.3 Å². The van der Waals surface area contributed by atoms with Crippen LogP contribution in [0.4, 0.5) is 5.69 Å². The summed E-state index contributed by atoms with van der Waals surface area (Å²) < 4.78 is 29.3. The van der Waals surface area contributed by atoms with Crippen molar-refractivity contribution in [2.75, 3.05) is 17.8 Å². The van der Waals surface area contributed by atoms with Crippen molar-refractivity contribution in [1.82, 2.24) is 14.5 Å². The normalized spacial score (nSPS) is 20.2. The van der Waals surface area contributed by atoms with Crippen LogP contribution in [0.3, 0.4) is 0 Å². The minimum Gasteiger partial charge on any atom is -0.336 e. The van der Waals surface area contributed by atoms with Crippen LogP contribution >= 0.6 is 11.3 Å². The number of fused-ring (bicyclic) bond motifs is 4. The Bertz CT molecular complexity index is 1290. The maximum Gasteiger partial charge on any atom is 0.275 e. The van der Waals surface area contributed by atoms with Crippen LogP contribution in [-0.4, -0.2) is 41.9 Å². The first kappa shape index (κ1) is 20.0. The highest BCUT2D eigenvalue weighted by atomic mass is 32.2. The van der Waals surface area contributed by atoms with Gasteiger partial charge >= 0.3 is 0 Å². The van der Waals surface area contributed by atoms with E-state index in [9.17, 15) is 18.0 Å². The fourth-order valence-corrected chi connectivity index (χ4v) is 6.50. The van der Waals surface area contributed by atoms with E-state index >= 15 is 0 Å². The Kier molecular flexibility index (Phi) is 4.90. The minimum atomic E-state index is -3.79. The molecular formula is C21H20N4O4S2. The average molecular weight is 457 g/mol. The smallest absolute Gasteiger partial charge is 0.275 e. The number of aromatic nitrogens is 2. The third-order valence-corrected chi connectivity index (χ3v) is 8.54. The second-order valence-electron chi connectivity index (χ2n) is 7.85. The zero-order valence-electron chi connectivity index (χ0n) is 16.5. The Morgan fingerprint density at radius 2 is 1.97 bits per heavy atom. The first-order valence-electron chi connectivity index (χ1n) is 9.93. The molecule has 2 unspecified atom stereocenters. The van der Waals surface area contributed by atoms with Gasteiger partial charge in [-0.25, -0.2) is 8.42 Å². The SMILES string of the molecule is O=C(c1ccccn1)N1CC2CC(C1)c1ccc(NS(=O)(=O)c3cccs3)c(=O)n1C2. The zero-order valence-corrected chi connectivity index (χ0v) is 18.1. The van der Waals surface area contributed by atoms with Crippen molar-refractivity contribution in [2.45, 2.75) is 23.1 Å². The Morgan fingerprint density at radius 3 is 2.71 bits per heavy atom. The molecule has 3 aromatic heterocycles. The number of amides is 1. The lowest BCUT2D eigenvalue weighted by Crippen LogP contribution is -2.49. The number of nitrogens with one attached hydrogen (secondary N) is 1. The number of carbonyl (C=O) groups excluding carboxylic acids is 1. The average Bonchev–Trinajstić information content (AvgIpc) is 3.32. The number of piperidine rings is 1. The molecule has 0 aliphatic carbocycles. The van der Waals surface area contributed by atoms with Crippen LogP contribution in [0.25, 0.3) is 0 Å². The van der Waals surface area contributed by atoms with Crippen LogP contribution in [0.1, 0.15) is 28.5 Å². The first-order chi connectivity index (χ1) is 14.9. The largest absolute Gasteiger partial charge is 0.336 e. The summed E-state index contributed by atoms with van der Waals surface area (Å²) in [6, 6.07) is 11.7. The van der Waals surface area contributed by atoms with Gasteiger partial charge in [0.15, 0.2) is 0 Å². The molecule has 2 atom stereocenters. The van der Waals surface area contributed by atoms with Gasteiger partial charge in [-0.2, -0.15) is 0 Å². The maximum atomic E-state index is 13.1. The van der Waals surface area contributed by atoms with Gasteiger partial charge in [0.05, 0.1) is 0 Å². The second kappa shape index (κ2) is 7.61. The summed E-state index contributed by atoms with van der Waals surface area (Å²) in [4.78, 5) is 31.9. The number of likely N-dealkylation sites (tertiary alicyclic amines) is 1. The van der Waals surface area contributed by atoms with Crippen molar-refractivity contribution in [3.8, 4) is 0 Å². The van der Waals surface area contributed by atoms with Crippen molar-refractivity contribution in [3.05, 3.63) is 75.8 Å².